The zero-order chi connectivity index (χ0) is 17.9. The zero-order valence-electron chi connectivity index (χ0n) is 13.6. The third-order valence-corrected chi connectivity index (χ3v) is 4.08. The molecular weight excluding hydrogens is 358 g/mol. The number of halogens is 1. The molecule has 0 unspecified atom stereocenters. The summed E-state index contributed by atoms with van der Waals surface area (Å²) in [6, 6.07) is 12.6. The van der Waals surface area contributed by atoms with Crippen LogP contribution in [0.1, 0.15) is 16.2 Å². The summed E-state index contributed by atoms with van der Waals surface area (Å²) < 4.78 is 16.1. The molecule has 7 nitrogen and oxygen atoms in total. The highest BCUT2D eigenvalue weighted by Crippen LogP contribution is 2.39. The summed E-state index contributed by atoms with van der Waals surface area (Å²) >= 11 is 6.09. The van der Waals surface area contributed by atoms with Crippen LogP contribution >= 0.6 is 11.6 Å². The predicted molar refractivity (Wildman–Crippen MR) is 93.3 cm³/mol. The maximum Gasteiger partial charge on any atom is 0.251 e. The van der Waals surface area contributed by atoms with Crippen molar-refractivity contribution < 1.29 is 18.7 Å². The highest BCUT2D eigenvalue weighted by atomic mass is 35.5. The highest BCUT2D eigenvalue weighted by Gasteiger charge is 2.20. The minimum atomic E-state index is -0.270. The van der Waals surface area contributed by atoms with Crippen LogP contribution < -0.4 is 14.8 Å². The van der Waals surface area contributed by atoms with Crippen molar-refractivity contribution >= 4 is 17.5 Å². The van der Waals surface area contributed by atoms with E-state index >= 15 is 0 Å². The summed E-state index contributed by atoms with van der Waals surface area (Å²) in [5.74, 6) is 1.56. The van der Waals surface area contributed by atoms with Gasteiger partial charge in [-0.1, -0.05) is 29.8 Å². The van der Waals surface area contributed by atoms with Crippen LogP contribution in [0, 0.1) is 0 Å². The van der Waals surface area contributed by atoms with Crippen molar-refractivity contribution in [2.45, 2.75) is 6.42 Å². The second-order valence-corrected chi connectivity index (χ2v) is 5.97. The normalized spacial score (nSPS) is 12.2. The molecule has 26 heavy (non-hydrogen) atoms. The summed E-state index contributed by atoms with van der Waals surface area (Å²) in [6.07, 6.45) is 0.420. The number of benzene rings is 2. The van der Waals surface area contributed by atoms with Crippen LogP contribution in [0.5, 0.6) is 11.5 Å². The molecule has 0 aliphatic carbocycles. The second kappa shape index (κ2) is 7.05. The Morgan fingerprint density at radius 1 is 1.15 bits per heavy atom. The van der Waals surface area contributed by atoms with Crippen molar-refractivity contribution in [2.24, 2.45) is 0 Å². The quantitative estimate of drug-likeness (QED) is 0.741. The van der Waals surface area contributed by atoms with Crippen molar-refractivity contribution in [2.75, 3.05) is 13.3 Å². The first kappa shape index (κ1) is 16.4. The van der Waals surface area contributed by atoms with Gasteiger partial charge in [0.1, 0.15) is 0 Å². The molecule has 1 N–H and O–H groups in total. The molecule has 0 bridgehead atoms. The van der Waals surface area contributed by atoms with E-state index in [1.165, 1.54) is 0 Å². The van der Waals surface area contributed by atoms with E-state index in [0.717, 1.165) is 5.56 Å². The average Bonchev–Trinajstić information content (AvgIpc) is 3.32. The maximum absolute atomic E-state index is 12.3. The Hall–Kier alpha value is -3.06. The Balaban J connectivity index is 1.36. The van der Waals surface area contributed by atoms with E-state index in [-0.39, 0.29) is 12.7 Å². The molecule has 1 aliphatic heterocycles. The summed E-state index contributed by atoms with van der Waals surface area (Å²) in [4.78, 5) is 12.3. The molecule has 0 saturated heterocycles. The molecule has 2 heterocycles. The molecule has 8 heteroatoms. The number of hydrogen-bond acceptors (Lipinski definition) is 6. The molecule has 4 rings (SSSR count). The third-order valence-electron chi connectivity index (χ3n) is 3.80. The van der Waals surface area contributed by atoms with Gasteiger partial charge in [-0.15, -0.1) is 10.2 Å². The van der Waals surface area contributed by atoms with Gasteiger partial charge in [-0.3, -0.25) is 4.79 Å². The van der Waals surface area contributed by atoms with E-state index in [1.807, 2.05) is 30.3 Å². The summed E-state index contributed by atoms with van der Waals surface area (Å²) in [6.45, 7) is 0.447. The van der Waals surface area contributed by atoms with E-state index in [2.05, 4.69) is 15.5 Å². The van der Waals surface area contributed by atoms with Crippen molar-refractivity contribution in [1.82, 2.24) is 15.5 Å². The van der Waals surface area contributed by atoms with Gasteiger partial charge in [0.15, 0.2) is 11.5 Å². The smallest absolute Gasteiger partial charge is 0.251 e. The van der Waals surface area contributed by atoms with E-state index in [1.54, 1.807) is 12.1 Å². The second-order valence-electron chi connectivity index (χ2n) is 5.56. The van der Waals surface area contributed by atoms with E-state index in [9.17, 15) is 4.79 Å². The number of aromatic nitrogens is 2. The van der Waals surface area contributed by atoms with Crippen LogP contribution in [-0.2, 0) is 6.42 Å². The van der Waals surface area contributed by atoms with Crippen molar-refractivity contribution in [1.29, 1.82) is 0 Å². The van der Waals surface area contributed by atoms with Gasteiger partial charge in [-0.25, -0.2) is 0 Å². The number of nitrogens with zero attached hydrogens (tertiary/aromatic N) is 2. The predicted octanol–water partition coefficient (Wildman–Crippen LogP) is 3.09. The fourth-order valence-electron chi connectivity index (χ4n) is 2.54. The Kier molecular flexibility index (Phi) is 4.45. The molecule has 0 fully saturated rings. The van der Waals surface area contributed by atoms with Crippen LogP contribution in [0.15, 0.2) is 46.9 Å². The lowest BCUT2D eigenvalue weighted by molar-refractivity contribution is 0.0953. The van der Waals surface area contributed by atoms with E-state index in [0.29, 0.717) is 46.8 Å². The molecule has 1 aliphatic rings. The number of rotatable bonds is 5. The zero-order valence-corrected chi connectivity index (χ0v) is 14.3. The lowest BCUT2D eigenvalue weighted by atomic mass is 10.2. The topological polar surface area (TPSA) is 86.5 Å². The van der Waals surface area contributed by atoms with Gasteiger partial charge in [0.2, 0.25) is 18.6 Å². The van der Waals surface area contributed by atoms with Crippen molar-refractivity contribution in [3.05, 3.63) is 58.9 Å². The van der Waals surface area contributed by atoms with Crippen LogP contribution in [0.25, 0.3) is 11.5 Å². The lowest BCUT2D eigenvalue weighted by Crippen LogP contribution is -2.25. The van der Waals surface area contributed by atoms with Crippen LogP contribution in [0.4, 0.5) is 0 Å². The van der Waals surface area contributed by atoms with Crippen molar-refractivity contribution in [3.8, 4) is 23.0 Å². The number of nitrogens with one attached hydrogen (secondary N) is 1. The minimum Gasteiger partial charge on any atom is -0.454 e. The molecule has 1 aromatic heterocycles. The molecule has 0 saturated carbocycles. The van der Waals surface area contributed by atoms with Gasteiger partial charge in [-0.05, 0) is 24.3 Å². The Morgan fingerprint density at radius 3 is 2.85 bits per heavy atom. The standard InChI is InChI=1S/C18H14ClN3O4/c19-13-8-12(9-14-16(13)25-10-24-14)17(23)20-7-6-15-21-22-18(26-15)11-4-2-1-3-5-11/h1-5,8-9H,6-7,10H2,(H,20,23). The molecule has 1 amide bonds. The van der Waals surface area contributed by atoms with Gasteiger partial charge in [0, 0.05) is 24.1 Å². The molecule has 3 aromatic rings. The number of hydrogen-bond donors (Lipinski definition) is 1. The minimum absolute atomic E-state index is 0.0983. The first-order chi connectivity index (χ1) is 12.7. The molecule has 0 spiro atoms. The first-order valence-corrected chi connectivity index (χ1v) is 8.33. The monoisotopic (exact) mass is 371 g/mol. The SMILES string of the molecule is O=C(NCCc1nnc(-c2ccccc2)o1)c1cc(Cl)c2c(c1)OCO2. The fraction of sp³-hybridized carbons (Fsp3) is 0.167. The molecular formula is C18H14ClN3O4. The number of carbonyl (C=O) groups excluding carboxylic acids is 1. The van der Waals surface area contributed by atoms with Gasteiger partial charge < -0.3 is 19.2 Å². The average molecular weight is 372 g/mol. The Labute approximate surface area is 153 Å². The maximum atomic E-state index is 12.3. The number of carbonyl (C=O) groups is 1. The van der Waals surface area contributed by atoms with Gasteiger partial charge >= 0.3 is 0 Å². The fourth-order valence-corrected chi connectivity index (χ4v) is 2.80. The molecule has 0 radical (unpaired) electrons. The first-order valence-electron chi connectivity index (χ1n) is 7.96. The molecule has 2 aromatic carbocycles. The largest absolute Gasteiger partial charge is 0.454 e. The lowest BCUT2D eigenvalue weighted by Gasteiger charge is -2.06. The summed E-state index contributed by atoms with van der Waals surface area (Å²) in [5.41, 5.74) is 1.25. The van der Waals surface area contributed by atoms with Crippen LogP contribution in [0.2, 0.25) is 5.02 Å². The Bertz CT molecular complexity index is 943. The Morgan fingerprint density at radius 2 is 2.00 bits per heavy atom. The van der Waals surface area contributed by atoms with Crippen LogP contribution in [0.3, 0.4) is 0 Å². The number of ether oxygens (including phenoxy) is 2. The van der Waals surface area contributed by atoms with E-state index < -0.39 is 0 Å². The van der Waals surface area contributed by atoms with Gasteiger partial charge in [0.05, 0.1) is 5.02 Å². The number of fused-ring (bicyclic) bond motifs is 1. The van der Waals surface area contributed by atoms with Crippen molar-refractivity contribution in [3.63, 3.8) is 0 Å². The summed E-state index contributed by atoms with van der Waals surface area (Å²) in [7, 11) is 0. The van der Waals surface area contributed by atoms with Crippen LogP contribution in [-0.4, -0.2) is 29.4 Å². The molecule has 132 valence electrons. The van der Waals surface area contributed by atoms with E-state index in [4.69, 9.17) is 25.5 Å². The highest BCUT2D eigenvalue weighted by molar-refractivity contribution is 6.32. The molecule has 0 atom stereocenters. The number of amides is 1. The summed E-state index contributed by atoms with van der Waals surface area (Å²) in [5, 5.41) is 11.1. The van der Waals surface area contributed by atoms with Gasteiger partial charge in [0.25, 0.3) is 5.91 Å². The van der Waals surface area contributed by atoms with Gasteiger partial charge in [-0.2, -0.15) is 0 Å². The third kappa shape index (κ3) is 3.34.